The Bertz CT molecular complexity index is 202. The quantitative estimate of drug-likeness (QED) is 0.647. The minimum atomic E-state index is 0.962. The largest absolute Gasteiger partial charge is 0.137 e. The van der Waals surface area contributed by atoms with Crippen molar-refractivity contribution in [2.45, 2.75) is 6.42 Å². The number of halogens is 1. The molecular formula is C7H7BrS. The van der Waals surface area contributed by atoms with Crippen molar-refractivity contribution in [2.24, 2.45) is 0 Å². The van der Waals surface area contributed by atoms with Gasteiger partial charge in [-0.3, -0.25) is 0 Å². The lowest BCUT2D eigenvalue weighted by Gasteiger charge is -1.87. The maximum Gasteiger partial charge on any atom is 0.0733 e. The molecule has 0 amide bonds. The molecule has 0 aliphatic heterocycles. The third-order valence-electron chi connectivity index (χ3n) is 1.06. The fourth-order valence-electron chi connectivity index (χ4n) is 0.621. The first kappa shape index (κ1) is 7.03. The molecule has 0 aromatic carbocycles. The average molecular weight is 203 g/mol. The van der Waals surface area contributed by atoms with Gasteiger partial charge in [-0.2, -0.15) is 0 Å². The second-order valence-corrected chi connectivity index (χ2v) is 3.95. The zero-order chi connectivity index (χ0) is 6.69. The van der Waals surface area contributed by atoms with Crippen LogP contribution in [0.5, 0.6) is 0 Å². The molecule has 0 saturated carbocycles. The normalized spacial score (nSPS) is 9.44. The Hall–Kier alpha value is -0.0800. The van der Waals surface area contributed by atoms with Gasteiger partial charge in [0.15, 0.2) is 0 Å². The van der Waals surface area contributed by atoms with Crippen LogP contribution in [0, 0.1) is 0 Å². The second kappa shape index (κ2) is 3.18. The van der Waals surface area contributed by atoms with Crippen molar-refractivity contribution in [2.75, 3.05) is 0 Å². The Balaban J connectivity index is 2.80. The minimum Gasteiger partial charge on any atom is -0.137 e. The molecule has 0 radical (unpaired) electrons. The Morgan fingerprint density at radius 3 is 3.00 bits per heavy atom. The van der Waals surface area contributed by atoms with E-state index in [0.717, 1.165) is 6.42 Å². The van der Waals surface area contributed by atoms with Crippen LogP contribution in [0.2, 0.25) is 0 Å². The van der Waals surface area contributed by atoms with E-state index in [1.807, 2.05) is 6.08 Å². The van der Waals surface area contributed by atoms with E-state index in [1.54, 1.807) is 11.3 Å². The zero-order valence-corrected chi connectivity index (χ0v) is 7.33. The molecule has 0 nitrogen and oxygen atoms in total. The fraction of sp³-hybridized carbons (Fsp3) is 0.143. The van der Waals surface area contributed by atoms with Crippen molar-refractivity contribution >= 4 is 27.3 Å². The summed E-state index contributed by atoms with van der Waals surface area (Å²) >= 11 is 5.15. The van der Waals surface area contributed by atoms with Crippen molar-refractivity contribution in [1.29, 1.82) is 0 Å². The van der Waals surface area contributed by atoms with Crippen LogP contribution in [0.4, 0.5) is 0 Å². The van der Waals surface area contributed by atoms with Crippen LogP contribution in [0.25, 0.3) is 0 Å². The predicted octanol–water partition coefficient (Wildman–Crippen LogP) is 3.24. The van der Waals surface area contributed by atoms with Crippen molar-refractivity contribution < 1.29 is 0 Å². The van der Waals surface area contributed by atoms with E-state index >= 15 is 0 Å². The first-order valence-corrected chi connectivity index (χ1v) is 4.34. The van der Waals surface area contributed by atoms with E-state index in [1.165, 1.54) is 9.35 Å². The van der Waals surface area contributed by atoms with E-state index in [-0.39, 0.29) is 0 Å². The molecule has 1 heterocycles. The first-order chi connectivity index (χ1) is 4.34. The van der Waals surface area contributed by atoms with Crippen molar-refractivity contribution in [3.8, 4) is 0 Å². The molecule has 1 aromatic rings. The molecule has 0 aliphatic carbocycles. The molecule has 1 rings (SSSR count). The van der Waals surface area contributed by atoms with E-state index in [4.69, 9.17) is 0 Å². The summed E-state index contributed by atoms with van der Waals surface area (Å²) < 4.78 is 1.22. The lowest BCUT2D eigenvalue weighted by Crippen LogP contribution is -1.72. The van der Waals surface area contributed by atoms with Gasteiger partial charge in [0.05, 0.1) is 3.79 Å². The summed E-state index contributed by atoms with van der Waals surface area (Å²) in [7, 11) is 0. The van der Waals surface area contributed by atoms with Gasteiger partial charge in [-0.1, -0.05) is 6.08 Å². The third kappa shape index (κ3) is 1.66. The molecule has 48 valence electrons. The van der Waals surface area contributed by atoms with Crippen molar-refractivity contribution in [3.05, 3.63) is 33.5 Å². The monoisotopic (exact) mass is 202 g/mol. The number of thiophene rings is 1. The summed E-state index contributed by atoms with van der Waals surface area (Å²) in [4.78, 5) is 0. The Morgan fingerprint density at radius 1 is 1.78 bits per heavy atom. The van der Waals surface area contributed by atoms with E-state index in [9.17, 15) is 0 Å². The molecule has 0 fully saturated rings. The van der Waals surface area contributed by atoms with Crippen LogP contribution in [0.1, 0.15) is 5.56 Å². The molecule has 0 saturated heterocycles. The lowest BCUT2D eigenvalue weighted by atomic mass is 10.2. The highest BCUT2D eigenvalue weighted by Crippen LogP contribution is 2.23. The number of rotatable bonds is 2. The summed E-state index contributed by atoms with van der Waals surface area (Å²) in [6.45, 7) is 3.66. The van der Waals surface area contributed by atoms with Crippen LogP contribution in [-0.2, 0) is 6.42 Å². The van der Waals surface area contributed by atoms with Gasteiger partial charge in [-0.25, -0.2) is 0 Å². The van der Waals surface area contributed by atoms with Gasteiger partial charge in [-0.05, 0) is 39.4 Å². The van der Waals surface area contributed by atoms with Gasteiger partial charge >= 0.3 is 0 Å². The number of hydrogen-bond donors (Lipinski definition) is 0. The molecule has 1 aromatic heterocycles. The van der Waals surface area contributed by atoms with Gasteiger partial charge in [0.2, 0.25) is 0 Å². The number of hydrogen-bond acceptors (Lipinski definition) is 1. The molecule has 0 unspecified atom stereocenters. The molecule has 0 atom stereocenters. The summed E-state index contributed by atoms with van der Waals surface area (Å²) in [5.74, 6) is 0. The highest BCUT2D eigenvalue weighted by Gasteiger charge is 1.95. The summed E-state index contributed by atoms with van der Waals surface area (Å²) in [6, 6.07) is 2.11. The van der Waals surface area contributed by atoms with E-state index in [0.29, 0.717) is 0 Å². The zero-order valence-electron chi connectivity index (χ0n) is 4.93. The maximum absolute atomic E-state index is 3.66. The fourth-order valence-corrected chi connectivity index (χ4v) is 1.89. The maximum atomic E-state index is 3.66. The number of allylic oxidation sites excluding steroid dienone is 1. The molecule has 0 spiro atoms. The molecule has 0 bridgehead atoms. The van der Waals surface area contributed by atoms with Crippen LogP contribution in [0.15, 0.2) is 27.9 Å². The van der Waals surface area contributed by atoms with Crippen LogP contribution >= 0.6 is 27.3 Å². The molecule has 0 aliphatic rings. The lowest BCUT2D eigenvalue weighted by molar-refractivity contribution is 1.29. The third-order valence-corrected chi connectivity index (χ3v) is 2.87. The average Bonchev–Trinajstić information content (AvgIpc) is 2.18. The van der Waals surface area contributed by atoms with Gasteiger partial charge < -0.3 is 0 Å². The minimum absolute atomic E-state index is 0.962. The summed E-state index contributed by atoms with van der Waals surface area (Å²) in [6.07, 6.45) is 2.87. The van der Waals surface area contributed by atoms with E-state index < -0.39 is 0 Å². The summed E-state index contributed by atoms with van der Waals surface area (Å²) in [5.41, 5.74) is 1.33. The molecule has 0 N–H and O–H groups in total. The van der Waals surface area contributed by atoms with Crippen LogP contribution in [0.3, 0.4) is 0 Å². The van der Waals surface area contributed by atoms with Gasteiger partial charge in [0.1, 0.15) is 0 Å². The smallest absolute Gasteiger partial charge is 0.0733 e. The topological polar surface area (TPSA) is 0 Å². The summed E-state index contributed by atoms with van der Waals surface area (Å²) in [5, 5.41) is 2.07. The van der Waals surface area contributed by atoms with Crippen LogP contribution in [-0.4, -0.2) is 0 Å². The van der Waals surface area contributed by atoms with Crippen molar-refractivity contribution in [1.82, 2.24) is 0 Å². The van der Waals surface area contributed by atoms with Crippen molar-refractivity contribution in [3.63, 3.8) is 0 Å². The molecule has 2 heteroatoms. The highest BCUT2D eigenvalue weighted by atomic mass is 79.9. The Kier molecular flexibility index (Phi) is 2.49. The van der Waals surface area contributed by atoms with Gasteiger partial charge in [-0.15, -0.1) is 17.9 Å². The first-order valence-electron chi connectivity index (χ1n) is 2.67. The SMILES string of the molecule is C=CCc1ccsc1Br. The Labute approximate surface area is 67.3 Å². The predicted molar refractivity (Wildman–Crippen MR) is 45.9 cm³/mol. The van der Waals surface area contributed by atoms with E-state index in [2.05, 4.69) is 34.0 Å². The van der Waals surface area contributed by atoms with Crippen LogP contribution < -0.4 is 0 Å². The second-order valence-electron chi connectivity index (χ2n) is 1.71. The molecule has 9 heavy (non-hydrogen) atoms. The van der Waals surface area contributed by atoms with Gasteiger partial charge in [0, 0.05) is 0 Å². The highest BCUT2D eigenvalue weighted by molar-refractivity contribution is 9.11. The molecular weight excluding hydrogens is 196 g/mol. The standard InChI is InChI=1S/C7H7BrS/c1-2-3-6-4-5-9-7(6)8/h2,4-5H,1,3H2. The van der Waals surface area contributed by atoms with Gasteiger partial charge in [0.25, 0.3) is 0 Å². The Morgan fingerprint density at radius 2 is 2.56 bits per heavy atom.